The van der Waals surface area contributed by atoms with Crippen molar-refractivity contribution in [2.24, 2.45) is 0 Å². The zero-order valence-corrected chi connectivity index (χ0v) is 71.3. The van der Waals surface area contributed by atoms with Crippen molar-refractivity contribution in [3.8, 4) is 0 Å². The Hall–Kier alpha value is 14.4. The first-order valence-corrected chi connectivity index (χ1v) is 35.8. The molecule has 0 aliphatic carbocycles. The fraction of sp³-hybridized carbons (Fsp3) is 1.00. The molecule has 0 aromatic heterocycles. The Kier molecular flexibility index (Phi) is 34.7. The summed E-state index contributed by atoms with van der Waals surface area (Å²) in [6, 6.07) is 0. The Morgan fingerprint density at radius 2 is 0.179 bits per heavy atom. The highest BCUT2D eigenvalue weighted by Gasteiger charge is 2.90. The number of hydrogen-bond acceptors (Lipinski definition) is 2. The van der Waals surface area contributed by atoms with Crippen LogP contribution < -0.4 is 0 Å². The number of thiol groups is 1. The Labute approximate surface area is 694 Å². The predicted octanol–water partition coefficient (Wildman–Crippen LogP) is 28.6. The van der Waals surface area contributed by atoms with Gasteiger partial charge < -0.3 is 0 Å². The van der Waals surface area contributed by atoms with E-state index in [-0.39, 0.29) is 0 Å². The molecule has 3 nitrogen and oxygen atoms in total. The summed E-state index contributed by atoms with van der Waals surface area (Å²) in [6.07, 6.45) is 0. The topological polar surface area (TPSA) is 54.4 Å². The van der Waals surface area contributed by atoms with Crippen LogP contribution in [0, 0.1) is 0 Å². The number of hydrogen-bond donors (Lipinski definition) is 2. The summed E-state index contributed by atoms with van der Waals surface area (Å²) < 4.78 is -62.9. The number of halogens is 50. The average Bonchev–Trinajstić information content (AvgIpc) is 3.17. The van der Waals surface area contributed by atoms with E-state index in [1.807, 2.05) is 0 Å². The summed E-state index contributed by atoms with van der Waals surface area (Å²) in [6.45, 7) is 0. The summed E-state index contributed by atoms with van der Waals surface area (Å²) in [7, 11) is -3.12. The molecule has 0 aromatic rings. The van der Waals surface area contributed by atoms with Crippen molar-refractivity contribution in [3.63, 3.8) is 0 Å². The predicted molar refractivity (Wildman–Crippen MR) is 371 cm³/mol. The standard InChI is InChI=1S/C24Cl50.H2O3S/c25-1(26,3(29,30)5(33,34)7(37,38)9(41,42)11(45,46)13(49,50)15(53,54)17(57,58)19(61,62)21(65,66)23(69,70)71)2(27,28)4(31,32)6(35,36)8(39,40)10(43,44)12(47,48)14(51,52)16(55,56)18(59,60)20(63,64)22(67,68)24(72,73)74;1-4(2)3/h;4H,(H,1,2,3). The van der Waals surface area contributed by atoms with Crippen LogP contribution in [0.4, 0.5) is 0 Å². The lowest BCUT2D eigenvalue weighted by Gasteiger charge is -2.59. The van der Waals surface area contributed by atoms with Gasteiger partial charge in [-0.1, -0.05) is 580 Å². The molecule has 0 bridgehead atoms. The van der Waals surface area contributed by atoms with Crippen LogP contribution in [0.15, 0.2) is 0 Å². The van der Waals surface area contributed by atoms with Gasteiger partial charge in [0.15, 0.2) is 86.7 Å². The van der Waals surface area contributed by atoms with Gasteiger partial charge >= 0.3 is 0 Å². The molecule has 0 unspecified atom stereocenters. The third-order valence-corrected chi connectivity index (χ3v) is 44.9. The van der Waals surface area contributed by atoms with Crippen LogP contribution >= 0.6 is 580 Å². The van der Waals surface area contributed by atoms with E-state index < -0.39 is 114 Å². The molecule has 0 radical (unpaired) electrons. The molecule has 0 spiro atoms. The summed E-state index contributed by atoms with van der Waals surface area (Å²) in [4.78, 5) is 0. The normalized spacial score (nSPS) is 17.1. The van der Waals surface area contributed by atoms with Crippen molar-refractivity contribution in [1.82, 2.24) is 0 Å². The van der Waals surface area contributed by atoms with Crippen molar-refractivity contribution < 1.29 is 13.0 Å². The van der Waals surface area contributed by atoms with E-state index in [0.29, 0.717) is 0 Å². The van der Waals surface area contributed by atoms with Gasteiger partial charge in [-0.25, -0.2) is 8.42 Å². The summed E-state index contributed by atoms with van der Waals surface area (Å²) in [5, 5.41) is 0. The smallest absolute Gasteiger partial charge is 0.254 e. The zero-order chi connectivity index (χ0) is 65.6. The first kappa shape index (κ1) is 94.5. The number of alkyl halides is 50. The first-order valence-electron chi connectivity index (χ1n) is 15.8. The summed E-state index contributed by atoms with van der Waals surface area (Å²) in [5.74, 6) is 0. The van der Waals surface area contributed by atoms with Crippen molar-refractivity contribution in [2.45, 2.75) is 103 Å². The Morgan fingerprint density at radius 3 is 0.218 bits per heavy atom. The van der Waals surface area contributed by atoms with Gasteiger partial charge in [0, 0.05) is 0 Å². The van der Waals surface area contributed by atoms with E-state index in [1.165, 1.54) is 0 Å². The quantitative estimate of drug-likeness (QED) is 0.0684. The van der Waals surface area contributed by atoms with E-state index in [0.717, 1.165) is 0 Å². The van der Waals surface area contributed by atoms with Gasteiger partial charge in [-0.3, -0.25) is 4.55 Å². The van der Waals surface area contributed by atoms with Crippen LogP contribution in [0.5, 0.6) is 0 Å². The summed E-state index contributed by atoms with van der Waals surface area (Å²) in [5.41, 5.74) is 0. The molecule has 54 heteroatoms. The summed E-state index contributed by atoms with van der Waals surface area (Å²) >= 11 is 323. The molecular weight excluding hydrogens is 2140 g/mol. The second-order valence-electron chi connectivity index (χ2n) is 13.9. The van der Waals surface area contributed by atoms with Gasteiger partial charge in [0.25, 0.3) is 11.0 Å². The SMILES string of the molecule is ClC(Cl)(Cl)C(Cl)(Cl)C(Cl)(Cl)C(Cl)(Cl)C(Cl)(Cl)C(Cl)(Cl)C(Cl)(Cl)C(Cl)(Cl)C(Cl)(Cl)C(Cl)(Cl)C(Cl)(Cl)C(Cl)(Cl)C(Cl)(Cl)C(Cl)(Cl)C(Cl)(Cl)C(Cl)(Cl)C(Cl)(Cl)C(Cl)(Cl)C(Cl)(Cl)C(Cl)(Cl)C(Cl)(Cl)C(Cl)(Cl)C(Cl)(Cl)C(Cl)(Cl)Cl.O=[SH](=O)O. The molecule has 0 atom stereocenters. The fourth-order valence-electron chi connectivity index (χ4n) is 4.30. The monoisotopic (exact) mass is 2120 g/mol. The first-order chi connectivity index (χ1) is 32.5. The van der Waals surface area contributed by atoms with E-state index >= 15 is 0 Å². The second-order valence-corrected chi connectivity index (χ2v) is 48.1. The Bertz CT molecular complexity index is 2060. The van der Waals surface area contributed by atoms with E-state index in [1.54, 1.807) is 0 Å². The molecular formula is C24H2Cl50O3S. The van der Waals surface area contributed by atoms with Crippen LogP contribution in [-0.4, -0.2) is 116 Å². The molecule has 0 aromatic carbocycles. The highest BCUT2D eigenvalue weighted by Crippen LogP contribution is 2.81. The van der Waals surface area contributed by atoms with Crippen molar-refractivity contribution in [2.75, 3.05) is 0 Å². The maximum absolute atomic E-state index is 8.59. The van der Waals surface area contributed by atoms with Crippen LogP contribution in [0.1, 0.15) is 0 Å². The molecule has 0 aliphatic heterocycles. The Morgan fingerprint density at radius 1 is 0.141 bits per heavy atom. The van der Waals surface area contributed by atoms with Gasteiger partial charge in [-0.2, -0.15) is 0 Å². The third-order valence-electron chi connectivity index (χ3n) is 8.99. The van der Waals surface area contributed by atoms with Gasteiger partial charge in [0.1, 0.15) is 0 Å². The lowest BCUT2D eigenvalue weighted by Crippen LogP contribution is -2.77. The molecule has 0 fully saturated rings. The molecule has 0 rings (SSSR count). The Balaban J connectivity index is 0. The third kappa shape index (κ3) is 14.7. The maximum atomic E-state index is 8.59. The van der Waals surface area contributed by atoms with Crippen LogP contribution in [-0.2, 0) is 11.0 Å². The second kappa shape index (κ2) is 28.7. The maximum Gasteiger partial charge on any atom is 0.254 e. The number of rotatable bonds is 21. The molecule has 0 saturated heterocycles. The van der Waals surface area contributed by atoms with Crippen molar-refractivity contribution in [3.05, 3.63) is 0 Å². The zero-order valence-electron chi connectivity index (χ0n) is 32.6. The van der Waals surface area contributed by atoms with Crippen LogP contribution in [0.25, 0.3) is 0 Å². The van der Waals surface area contributed by atoms with Crippen LogP contribution in [0.3, 0.4) is 0 Å². The molecule has 78 heavy (non-hydrogen) atoms. The molecule has 0 aliphatic rings. The lowest BCUT2D eigenvalue weighted by atomic mass is 9.95. The molecule has 0 heterocycles. The fourth-order valence-corrected chi connectivity index (χ4v) is 21.5. The van der Waals surface area contributed by atoms with E-state index in [9.17, 15) is 0 Å². The lowest BCUT2D eigenvalue weighted by molar-refractivity contribution is 0.382. The van der Waals surface area contributed by atoms with Crippen molar-refractivity contribution in [1.29, 1.82) is 0 Å². The van der Waals surface area contributed by atoms with Gasteiger partial charge in [-0.05, 0) is 0 Å². The van der Waals surface area contributed by atoms with Gasteiger partial charge in [-0.15, -0.1) is 0 Å². The highest BCUT2D eigenvalue weighted by molar-refractivity contribution is 7.66. The minimum Gasteiger partial charge on any atom is -0.288 e. The molecule has 0 amide bonds. The minimum atomic E-state index is -3.91. The van der Waals surface area contributed by atoms with E-state index in [2.05, 4.69) is 0 Å². The van der Waals surface area contributed by atoms with E-state index in [4.69, 9.17) is 593 Å². The van der Waals surface area contributed by atoms with Crippen molar-refractivity contribution >= 4 is 591 Å². The average molecular weight is 2140 g/mol. The molecule has 0 saturated carbocycles. The largest absolute Gasteiger partial charge is 0.288 e. The molecule has 472 valence electrons. The minimum absolute atomic E-state index is 2.94. The van der Waals surface area contributed by atoms with Crippen LogP contribution in [0.2, 0.25) is 0 Å². The molecule has 1 N–H and O–H groups in total. The van der Waals surface area contributed by atoms with Gasteiger partial charge in [0.2, 0.25) is 16.3 Å². The highest BCUT2D eigenvalue weighted by atomic mass is 35.6. The van der Waals surface area contributed by atoms with Gasteiger partial charge in [0.05, 0.1) is 0 Å².